The minimum Gasteiger partial charge on any atom is -0.456 e. The second-order valence-corrected chi connectivity index (χ2v) is 2.22. The van der Waals surface area contributed by atoms with E-state index < -0.39 is 0 Å². The van der Waals surface area contributed by atoms with E-state index in [9.17, 15) is 0 Å². The molecule has 1 atom stereocenters. The lowest BCUT2D eigenvalue weighted by molar-refractivity contribution is -0.0295. The molecule has 3 heteroatoms. The van der Waals surface area contributed by atoms with Gasteiger partial charge in [-0.25, -0.2) is 0 Å². The van der Waals surface area contributed by atoms with Crippen LogP contribution in [-0.2, 0) is 14.2 Å². The Hall–Kier alpha value is -0.700. The van der Waals surface area contributed by atoms with Crippen molar-refractivity contribution in [2.24, 2.45) is 0 Å². The Balaban J connectivity index is 2.49. The standard InChI is InChI=1S/C7H12O3/c1-5-7(4-8-3)10-6(2)9-5/h6H,4H2,1-3H3. The van der Waals surface area contributed by atoms with E-state index in [4.69, 9.17) is 14.2 Å². The van der Waals surface area contributed by atoms with Crippen LogP contribution in [0.1, 0.15) is 13.8 Å². The monoisotopic (exact) mass is 144 g/mol. The van der Waals surface area contributed by atoms with Crippen LogP contribution in [0.5, 0.6) is 0 Å². The molecule has 0 radical (unpaired) electrons. The van der Waals surface area contributed by atoms with Crippen molar-refractivity contribution >= 4 is 0 Å². The Morgan fingerprint density at radius 1 is 1.50 bits per heavy atom. The second-order valence-electron chi connectivity index (χ2n) is 2.22. The van der Waals surface area contributed by atoms with Crippen LogP contribution in [0.2, 0.25) is 0 Å². The van der Waals surface area contributed by atoms with Crippen LogP contribution in [0.4, 0.5) is 0 Å². The molecule has 0 N–H and O–H groups in total. The Bertz CT molecular complexity index is 151. The van der Waals surface area contributed by atoms with E-state index in [0.717, 1.165) is 11.5 Å². The maximum Gasteiger partial charge on any atom is 0.237 e. The molecule has 0 saturated carbocycles. The van der Waals surface area contributed by atoms with Gasteiger partial charge in [-0.2, -0.15) is 0 Å². The molecular weight excluding hydrogens is 132 g/mol. The predicted molar refractivity (Wildman–Crippen MR) is 36.2 cm³/mol. The fourth-order valence-electron chi connectivity index (χ4n) is 0.889. The first kappa shape index (κ1) is 7.41. The molecule has 10 heavy (non-hydrogen) atoms. The van der Waals surface area contributed by atoms with Gasteiger partial charge in [-0.1, -0.05) is 0 Å². The number of allylic oxidation sites excluding steroid dienone is 1. The third kappa shape index (κ3) is 1.42. The van der Waals surface area contributed by atoms with Crippen molar-refractivity contribution in [3.05, 3.63) is 11.5 Å². The average molecular weight is 144 g/mol. The number of hydrogen-bond donors (Lipinski definition) is 0. The van der Waals surface area contributed by atoms with Crippen molar-refractivity contribution in [1.82, 2.24) is 0 Å². The van der Waals surface area contributed by atoms with Crippen LogP contribution >= 0.6 is 0 Å². The molecule has 58 valence electrons. The molecule has 0 spiro atoms. The fraction of sp³-hybridized carbons (Fsp3) is 0.714. The quantitative estimate of drug-likeness (QED) is 0.584. The van der Waals surface area contributed by atoms with Gasteiger partial charge in [0.1, 0.15) is 12.4 Å². The molecule has 0 aromatic rings. The van der Waals surface area contributed by atoms with E-state index in [-0.39, 0.29) is 6.29 Å². The maximum absolute atomic E-state index is 5.25. The van der Waals surface area contributed by atoms with E-state index in [1.54, 1.807) is 7.11 Å². The highest BCUT2D eigenvalue weighted by molar-refractivity contribution is 5.02. The Kier molecular flexibility index (Phi) is 2.17. The zero-order valence-corrected chi connectivity index (χ0v) is 6.51. The molecule has 0 saturated heterocycles. The number of ether oxygens (including phenoxy) is 3. The fourth-order valence-corrected chi connectivity index (χ4v) is 0.889. The highest BCUT2D eigenvalue weighted by Crippen LogP contribution is 2.20. The van der Waals surface area contributed by atoms with Gasteiger partial charge in [0.25, 0.3) is 0 Å². The first-order valence-electron chi connectivity index (χ1n) is 3.26. The van der Waals surface area contributed by atoms with Crippen molar-refractivity contribution in [2.45, 2.75) is 20.1 Å². The summed E-state index contributed by atoms with van der Waals surface area (Å²) in [6.07, 6.45) is -0.148. The molecule has 1 heterocycles. The van der Waals surface area contributed by atoms with Crippen molar-refractivity contribution in [3.63, 3.8) is 0 Å². The molecule has 3 nitrogen and oxygen atoms in total. The molecule has 0 aromatic heterocycles. The molecular formula is C7H12O3. The summed E-state index contributed by atoms with van der Waals surface area (Å²) in [6.45, 7) is 4.22. The summed E-state index contributed by atoms with van der Waals surface area (Å²) >= 11 is 0. The van der Waals surface area contributed by atoms with Gasteiger partial charge in [0.2, 0.25) is 6.29 Å². The first-order chi connectivity index (χ1) is 4.74. The van der Waals surface area contributed by atoms with Crippen LogP contribution in [0.25, 0.3) is 0 Å². The van der Waals surface area contributed by atoms with Crippen molar-refractivity contribution < 1.29 is 14.2 Å². The second kappa shape index (κ2) is 2.92. The normalized spacial score (nSPS) is 24.5. The topological polar surface area (TPSA) is 27.7 Å². The van der Waals surface area contributed by atoms with Crippen molar-refractivity contribution in [1.29, 1.82) is 0 Å². The molecule has 0 aromatic carbocycles. The smallest absolute Gasteiger partial charge is 0.237 e. The SMILES string of the molecule is COCC1=C(C)OC(C)O1. The Morgan fingerprint density at radius 3 is 2.60 bits per heavy atom. The third-order valence-electron chi connectivity index (χ3n) is 1.32. The molecule has 1 unspecified atom stereocenters. The molecule has 0 fully saturated rings. The Labute approximate surface area is 60.6 Å². The molecule has 0 aliphatic carbocycles. The summed E-state index contributed by atoms with van der Waals surface area (Å²) in [7, 11) is 1.63. The van der Waals surface area contributed by atoms with E-state index >= 15 is 0 Å². The first-order valence-corrected chi connectivity index (χ1v) is 3.26. The van der Waals surface area contributed by atoms with Gasteiger partial charge in [0, 0.05) is 14.0 Å². The largest absolute Gasteiger partial charge is 0.456 e. The lowest BCUT2D eigenvalue weighted by Crippen LogP contribution is -2.03. The van der Waals surface area contributed by atoms with Crippen LogP contribution < -0.4 is 0 Å². The van der Waals surface area contributed by atoms with Crippen LogP contribution in [0, 0.1) is 0 Å². The summed E-state index contributed by atoms with van der Waals surface area (Å²) < 4.78 is 15.3. The van der Waals surface area contributed by atoms with Crippen molar-refractivity contribution in [2.75, 3.05) is 13.7 Å². The molecule has 1 aliphatic heterocycles. The lowest BCUT2D eigenvalue weighted by Gasteiger charge is -2.03. The van der Waals surface area contributed by atoms with Gasteiger partial charge in [0.15, 0.2) is 5.76 Å². The predicted octanol–water partition coefficient (Wildman–Crippen LogP) is 1.26. The van der Waals surface area contributed by atoms with E-state index in [1.165, 1.54) is 0 Å². The van der Waals surface area contributed by atoms with E-state index in [0.29, 0.717) is 6.61 Å². The van der Waals surface area contributed by atoms with E-state index in [2.05, 4.69) is 0 Å². The van der Waals surface area contributed by atoms with Gasteiger partial charge in [0.05, 0.1) is 0 Å². The number of methoxy groups -OCH3 is 1. The summed E-state index contributed by atoms with van der Waals surface area (Å²) in [5, 5.41) is 0. The van der Waals surface area contributed by atoms with Gasteiger partial charge in [-0.3, -0.25) is 0 Å². The molecule has 0 bridgehead atoms. The molecule has 1 aliphatic rings. The van der Waals surface area contributed by atoms with Gasteiger partial charge < -0.3 is 14.2 Å². The lowest BCUT2D eigenvalue weighted by atomic mass is 10.4. The van der Waals surface area contributed by atoms with Crippen LogP contribution in [-0.4, -0.2) is 20.0 Å². The highest BCUT2D eigenvalue weighted by atomic mass is 16.7. The Morgan fingerprint density at radius 2 is 2.20 bits per heavy atom. The summed E-state index contributed by atoms with van der Waals surface area (Å²) in [6, 6.07) is 0. The minimum absolute atomic E-state index is 0.148. The average Bonchev–Trinajstić information content (AvgIpc) is 2.13. The zero-order valence-electron chi connectivity index (χ0n) is 6.51. The number of rotatable bonds is 2. The third-order valence-corrected chi connectivity index (χ3v) is 1.32. The summed E-state index contributed by atoms with van der Waals surface area (Å²) in [5.41, 5.74) is 0. The van der Waals surface area contributed by atoms with Crippen molar-refractivity contribution in [3.8, 4) is 0 Å². The molecule has 1 rings (SSSR count). The summed E-state index contributed by atoms with van der Waals surface area (Å²) in [4.78, 5) is 0. The highest BCUT2D eigenvalue weighted by Gasteiger charge is 2.19. The van der Waals surface area contributed by atoms with E-state index in [1.807, 2.05) is 13.8 Å². The minimum atomic E-state index is -0.148. The summed E-state index contributed by atoms with van der Waals surface area (Å²) in [5.74, 6) is 1.63. The molecule has 0 amide bonds. The van der Waals surface area contributed by atoms with Crippen LogP contribution in [0.3, 0.4) is 0 Å². The number of hydrogen-bond acceptors (Lipinski definition) is 3. The van der Waals surface area contributed by atoms with Gasteiger partial charge in [-0.15, -0.1) is 0 Å². The van der Waals surface area contributed by atoms with Crippen LogP contribution in [0.15, 0.2) is 11.5 Å². The maximum atomic E-state index is 5.25. The van der Waals surface area contributed by atoms with Gasteiger partial charge >= 0.3 is 0 Å². The zero-order chi connectivity index (χ0) is 7.56. The van der Waals surface area contributed by atoms with Gasteiger partial charge in [-0.05, 0) is 6.92 Å².